The summed E-state index contributed by atoms with van der Waals surface area (Å²) in [6.07, 6.45) is 0.629. The first kappa shape index (κ1) is 26.1. The highest BCUT2D eigenvalue weighted by Gasteiger charge is 2.24. The minimum absolute atomic E-state index is 0. The SMILES string of the molecule is CN=C(NCCc1nc(C)no1)NCC(c1ccc(OC)c(OC)c1)N1CCOCC1.I. The van der Waals surface area contributed by atoms with Crippen molar-refractivity contribution in [1.82, 2.24) is 25.7 Å². The number of benzene rings is 1. The van der Waals surface area contributed by atoms with Gasteiger partial charge in [0.05, 0.1) is 33.5 Å². The zero-order valence-corrected chi connectivity index (χ0v) is 21.4. The molecule has 0 bridgehead atoms. The maximum atomic E-state index is 5.55. The van der Waals surface area contributed by atoms with E-state index in [1.165, 1.54) is 0 Å². The topological polar surface area (TPSA) is 106 Å². The Kier molecular flexibility index (Phi) is 11.0. The minimum Gasteiger partial charge on any atom is -0.493 e. The highest BCUT2D eigenvalue weighted by molar-refractivity contribution is 14.0. The molecule has 1 aromatic heterocycles. The van der Waals surface area contributed by atoms with Gasteiger partial charge in [0.25, 0.3) is 0 Å². The molecule has 11 heteroatoms. The Hall–Kier alpha value is -2.12. The van der Waals surface area contributed by atoms with Crippen molar-refractivity contribution >= 4 is 29.9 Å². The van der Waals surface area contributed by atoms with Crippen molar-refractivity contribution in [2.45, 2.75) is 19.4 Å². The van der Waals surface area contributed by atoms with E-state index in [4.69, 9.17) is 18.7 Å². The lowest BCUT2D eigenvalue weighted by Gasteiger charge is -2.35. The number of hydrogen-bond donors (Lipinski definition) is 2. The average molecular weight is 560 g/mol. The molecule has 1 unspecified atom stereocenters. The standard InChI is InChI=1S/C21H32N6O4.HI/c1-15-25-20(31-26-15)7-8-23-21(22-2)24-14-17(27-9-11-30-12-10-27)16-5-6-18(28-3)19(13-16)29-4;/h5-6,13,17H,7-12,14H2,1-4H3,(H2,22,23,24);1H. The van der Waals surface area contributed by atoms with Crippen molar-refractivity contribution in [2.24, 2.45) is 4.99 Å². The van der Waals surface area contributed by atoms with E-state index < -0.39 is 0 Å². The molecule has 32 heavy (non-hydrogen) atoms. The van der Waals surface area contributed by atoms with E-state index in [1.54, 1.807) is 28.2 Å². The molecule has 1 aromatic carbocycles. The highest BCUT2D eigenvalue weighted by Crippen LogP contribution is 2.32. The molecule has 178 valence electrons. The lowest BCUT2D eigenvalue weighted by atomic mass is 10.0. The Morgan fingerprint density at radius 3 is 2.56 bits per heavy atom. The molecule has 1 fully saturated rings. The maximum Gasteiger partial charge on any atom is 0.228 e. The Labute approximate surface area is 206 Å². The van der Waals surface area contributed by atoms with E-state index in [-0.39, 0.29) is 30.0 Å². The summed E-state index contributed by atoms with van der Waals surface area (Å²) in [4.78, 5) is 11.0. The van der Waals surface area contributed by atoms with Gasteiger partial charge >= 0.3 is 0 Å². The number of aromatic nitrogens is 2. The number of ether oxygens (including phenoxy) is 3. The van der Waals surface area contributed by atoms with Crippen molar-refractivity contribution in [1.29, 1.82) is 0 Å². The van der Waals surface area contributed by atoms with Crippen molar-refractivity contribution in [3.05, 3.63) is 35.5 Å². The Balaban J connectivity index is 0.00000363. The summed E-state index contributed by atoms with van der Waals surface area (Å²) in [5, 5.41) is 10.6. The summed E-state index contributed by atoms with van der Waals surface area (Å²) in [6.45, 7) is 6.29. The zero-order valence-electron chi connectivity index (χ0n) is 19.1. The number of morpholine rings is 1. The number of guanidine groups is 1. The van der Waals surface area contributed by atoms with E-state index in [0.717, 1.165) is 43.6 Å². The third kappa shape index (κ3) is 7.20. The summed E-state index contributed by atoms with van der Waals surface area (Å²) >= 11 is 0. The molecule has 1 saturated heterocycles. The van der Waals surface area contributed by atoms with Gasteiger partial charge in [0.2, 0.25) is 5.89 Å². The number of nitrogens with one attached hydrogen (secondary N) is 2. The van der Waals surface area contributed by atoms with Crippen LogP contribution < -0.4 is 20.1 Å². The number of methoxy groups -OCH3 is 2. The van der Waals surface area contributed by atoms with Crippen LogP contribution in [0.25, 0.3) is 0 Å². The highest BCUT2D eigenvalue weighted by atomic mass is 127. The summed E-state index contributed by atoms with van der Waals surface area (Å²) in [6, 6.07) is 6.19. The van der Waals surface area contributed by atoms with E-state index in [9.17, 15) is 0 Å². The smallest absolute Gasteiger partial charge is 0.228 e. The molecule has 1 aliphatic heterocycles. The molecule has 0 amide bonds. The second kappa shape index (κ2) is 13.4. The van der Waals surface area contributed by atoms with Crippen LogP contribution in [0, 0.1) is 6.92 Å². The largest absolute Gasteiger partial charge is 0.493 e. The predicted octanol–water partition coefficient (Wildman–Crippen LogP) is 1.79. The van der Waals surface area contributed by atoms with Crippen LogP contribution in [0.2, 0.25) is 0 Å². The third-order valence-electron chi connectivity index (χ3n) is 5.17. The van der Waals surface area contributed by atoms with Gasteiger partial charge in [-0.3, -0.25) is 9.89 Å². The zero-order chi connectivity index (χ0) is 22.1. The summed E-state index contributed by atoms with van der Waals surface area (Å²) < 4.78 is 21.6. The van der Waals surface area contributed by atoms with Crippen molar-refractivity contribution in [3.63, 3.8) is 0 Å². The number of halogens is 1. The predicted molar refractivity (Wildman–Crippen MR) is 132 cm³/mol. The average Bonchev–Trinajstić information content (AvgIpc) is 3.23. The second-order valence-electron chi connectivity index (χ2n) is 7.14. The van der Waals surface area contributed by atoms with Gasteiger partial charge in [0.1, 0.15) is 0 Å². The molecule has 0 radical (unpaired) electrons. The molecule has 0 spiro atoms. The van der Waals surface area contributed by atoms with Crippen LogP contribution in [0.3, 0.4) is 0 Å². The van der Waals surface area contributed by atoms with E-state index in [0.29, 0.717) is 37.0 Å². The van der Waals surface area contributed by atoms with Crippen LogP contribution in [0.1, 0.15) is 23.3 Å². The van der Waals surface area contributed by atoms with Crippen molar-refractivity contribution < 1.29 is 18.7 Å². The number of hydrogen-bond acceptors (Lipinski definition) is 8. The molecule has 3 rings (SSSR count). The first-order chi connectivity index (χ1) is 15.1. The van der Waals surface area contributed by atoms with Crippen LogP contribution in [-0.4, -0.2) is 81.7 Å². The van der Waals surface area contributed by atoms with Gasteiger partial charge in [-0.25, -0.2) is 0 Å². The number of aryl methyl sites for hydroxylation is 1. The normalized spacial score (nSPS) is 15.6. The molecule has 10 nitrogen and oxygen atoms in total. The third-order valence-corrected chi connectivity index (χ3v) is 5.17. The van der Waals surface area contributed by atoms with Crippen molar-refractivity contribution in [2.75, 3.05) is 60.7 Å². The summed E-state index contributed by atoms with van der Waals surface area (Å²) in [5.41, 5.74) is 1.14. The quantitative estimate of drug-likeness (QED) is 0.270. The maximum absolute atomic E-state index is 5.55. The Morgan fingerprint density at radius 1 is 1.19 bits per heavy atom. The monoisotopic (exact) mass is 560 g/mol. The van der Waals surface area contributed by atoms with Gasteiger partial charge in [-0.1, -0.05) is 11.2 Å². The van der Waals surface area contributed by atoms with E-state index in [2.05, 4.69) is 36.7 Å². The van der Waals surface area contributed by atoms with E-state index >= 15 is 0 Å². The fourth-order valence-electron chi connectivity index (χ4n) is 3.55. The van der Waals surface area contributed by atoms with Crippen LogP contribution >= 0.6 is 24.0 Å². The Morgan fingerprint density at radius 2 is 1.94 bits per heavy atom. The number of rotatable bonds is 9. The van der Waals surface area contributed by atoms with Gasteiger partial charge in [-0.2, -0.15) is 4.98 Å². The molecular formula is C21H33IN6O4. The first-order valence-corrected chi connectivity index (χ1v) is 10.4. The second-order valence-corrected chi connectivity index (χ2v) is 7.14. The molecule has 2 heterocycles. The van der Waals surface area contributed by atoms with Crippen LogP contribution in [0.5, 0.6) is 11.5 Å². The van der Waals surface area contributed by atoms with Crippen molar-refractivity contribution in [3.8, 4) is 11.5 Å². The molecule has 2 N–H and O–H groups in total. The van der Waals surface area contributed by atoms with Gasteiger partial charge in [-0.05, 0) is 24.6 Å². The van der Waals surface area contributed by atoms with Gasteiger partial charge in [-0.15, -0.1) is 24.0 Å². The van der Waals surface area contributed by atoms with Gasteiger partial charge in [0.15, 0.2) is 23.3 Å². The minimum atomic E-state index is 0. The van der Waals surface area contributed by atoms with Crippen LogP contribution in [0.4, 0.5) is 0 Å². The van der Waals surface area contributed by atoms with Crippen LogP contribution in [0.15, 0.2) is 27.7 Å². The van der Waals surface area contributed by atoms with E-state index in [1.807, 2.05) is 12.1 Å². The fraction of sp³-hybridized carbons (Fsp3) is 0.571. The van der Waals surface area contributed by atoms with Gasteiger partial charge < -0.3 is 29.4 Å². The lowest BCUT2D eigenvalue weighted by molar-refractivity contribution is 0.0169. The number of nitrogens with zero attached hydrogens (tertiary/aromatic N) is 4. The lowest BCUT2D eigenvalue weighted by Crippen LogP contribution is -2.46. The molecule has 0 aliphatic carbocycles. The molecular weight excluding hydrogens is 527 g/mol. The summed E-state index contributed by atoms with van der Waals surface area (Å²) in [5.74, 6) is 3.40. The summed E-state index contributed by atoms with van der Waals surface area (Å²) in [7, 11) is 5.05. The molecule has 1 aliphatic rings. The molecule has 1 atom stereocenters. The van der Waals surface area contributed by atoms with Gasteiger partial charge in [0, 0.05) is 39.6 Å². The Bertz CT molecular complexity index is 857. The molecule has 2 aromatic rings. The van der Waals surface area contributed by atoms with Crippen LogP contribution in [-0.2, 0) is 11.2 Å². The fourth-order valence-corrected chi connectivity index (χ4v) is 3.55. The molecule has 0 saturated carbocycles. The number of aliphatic imine (C=N–C) groups is 1. The first-order valence-electron chi connectivity index (χ1n) is 10.4.